The van der Waals surface area contributed by atoms with Crippen molar-refractivity contribution in [3.8, 4) is 10.6 Å². The Balaban J connectivity index is 1.28. The summed E-state index contributed by atoms with van der Waals surface area (Å²) in [5.41, 5.74) is 3.12. The first-order valence-corrected chi connectivity index (χ1v) is 12.1. The van der Waals surface area contributed by atoms with Gasteiger partial charge in [-0.05, 0) is 41.5 Å². The maximum atomic E-state index is 12.4. The van der Waals surface area contributed by atoms with Gasteiger partial charge >= 0.3 is 0 Å². The van der Waals surface area contributed by atoms with E-state index in [-0.39, 0.29) is 17.4 Å². The van der Waals surface area contributed by atoms with E-state index in [0.29, 0.717) is 25.9 Å². The van der Waals surface area contributed by atoms with Crippen molar-refractivity contribution in [2.45, 2.75) is 31.7 Å². The number of thiophene rings is 1. The van der Waals surface area contributed by atoms with Crippen LogP contribution in [0.4, 0.5) is 0 Å². The first kappa shape index (κ1) is 22.7. The van der Waals surface area contributed by atoms with Gasteiger partial charge in [-0.3, -0.25) is 9.59 Å². The van der Waals surface area contributed by atoms with E-state index >= 15 is 0 Å². The summed E-state index contributed by atoms with van der Waals surface area (Å²) in [6.07, 6.45) is 1.75. The number of rotatable bonds is 10. The van der Waals surface area contributed by atoms with Gasteiger partial charge in [0, 0.05) is 31.5 Å². The predicted molar refractivity (Wildman–Crippen MR) is 133 cm³/mol. The van der Waals surface area contributed by atoms with Gasteiger partial charge in [-0.25, -0.2) is 4.68 Å². The Morgan fingerprint density at radius 1 is 0.909 bits per heavy atom. The van der Waals surface area contributed by atoms with E-state index < -0.39 is 0 Å². The van der Waals surface area contributed by atoms with Crippen LogP contribution < -0.4 is 10.9 Å². The molecule has 0 radical (unpaired) electrons. The van der Waals surface area contributed by atoms with Crippen molar-refractivity contribution in [1.29, 1.82) is 0 Å². The topological polar surface area (TPSA) is 64.0 Å². The lowest BCUT2D eigenvalue weighted by atomic mass is 9.88. The minimum atomic E-state index is -0.149. The SMILES string of the molecule is O=C(CCCn1nc(-c2cccs2)ccc1=O)NCCC(c1ccccc1)c1ccccc1. The van der Waals surface area contributed by atoms with Gasteiger partial charge < -0.3 is 5.32 Å². The molecule has 2 aromatic carbocycles. The Labute approximate surface area is 197 Å². The molecule has 2 heterocycles. The summed E-state index contributed by atoms with van der Waals surface area (Å²) < 4.78 is 1.45. The zero-order valence-electron chi connectivity index (χ0n) is 18.4. The van der Waals surface area contributed by atoms with Gasteiger partial charge in [-0.1, -0.05) is 66.7 Å². The highest BCUT2D eigenvalue weighted by Crippen LogP contribution is 2.27. The minimum Gasteiger partial charge on any atom is -0.356 e. The maximum Gasteiger partial charge on any atom is 0.266 e. The molecule has 0 unspecified atom stereocenters. The minimum absolute atomic E-state index is 0.00247. The number of hydrogen-bond donors (Lipinski definition) is 1. The summed E-state index contributed by atoms with van der Waals surface area (Å²) in [6, 6.07) is 28.0. The summed E-state index contributed by atoms with van der Waals surface area (Å²) in [4.78, 5) is 25.6. The van der Waals surface area contributed by atoms with Crippen molar-refractivity contribution in [2.75, 3.05) is 6.54 Å². The fourth-order valence-corrected chi connectivity index (χ4v) is 4.59. The summed E-state index contributed by atoms with van der Waals surface area (Å²) in [5.74, 6) is 0.229. The van der Waals surface area contributed by atoms with Gasteiger partial charge in [-0.2, -0.15) is 5.10 Å². The smallest absolute Gasteiger partial charge is 0.266 e. The van der Waals surface area contributed by atoms with Gasteiger partial charge in [0.25, 0.3) is 5.56 Å². The Bertz CT molecular complexity index is 1170. The Kier molecular flexibility index (Phi) is 7.82. The van der Waals surface area contributed by atoms with Gasteiger partial charge in [-0.15, -0.1) is 11.3 Å². The van der Waals surface area contributed by atoms with Gasteiger partial charge in [0.2, 0.25) is 5.91 Å². The molecule has 168 valence electrons. The summed E-state index contributed by atoms with van der Waals surface area (Å²) in [7, 11) is 0. The van der Waals surface area contributed by atoms with E-state index in [1.165, 1.54) is 21.9 Å². The van der Waals surface area contributed by atoms with Crippen LogP contribution in [0.3, 0.4) is 0 Å². The molecule has 1 N–H and O–H groups in total. The summed E-state index contributed by atoms with van der Waals surface area (Å²) in [5, 5.41) is 9.47. The number of nitrogens with one attached hydrogen (secondary N) is 1. The van der Waals surface area contributed by atoms with Crippen molar-refractivity contribution >= 4 is 17.2 Å². The Morgan fingerprint density at radius 2 is 1.61 bits per heavy atom. The molecule has 0 aliphatic carbocycles. The number of benzene rings is 2. The number of aromatic nitrogens is 2. The average molecular weight is 458 g/mol. The molecule has 33 heavy (non-hydrogen) atoms. The number of carbonyl (C=O) groups excluding carboxylic acids is 1. The first-order chi connectivity index (χ1) is 16.2. The van der Waals surface area contributed by atoms with Crippen LogP contribution in [-0.2, 0) is 11.3 Å². The monoisotopic (exact) mass is 457 g/mol. The van der Waals surface area contributed by atoms with E-state index in [1.807, 2.05) is 53.9 Å². The lowest BCUT2D eigenvalue weighted by Crippen LogP contribution is -2.27. The second kappa shape index (κ2) is 11.4. The van der Waals surface area contributed by atoms with Gasteiger partial charge in [0.15, 0.2) is 0 Å². The van der Waals surface area contributed by atoms with Crippen molar-refractivity contribution < 1.29 is 4.79 Å². The van der Waals surface area contributed by atoms with Crippen LogP contribution in [0.25, 0.3) is 10.6 Å². The second-order valence-corrected chi connectivity index (χ2v) is 8.82. The highest BCUT2D eigenvalue weighted by Gasteiger charge is 2.14. The van der Waals surface area contributed by atoms with Crippen LogP contribution in [0.1, 0.15) is 36.3 Å². The molecule has 0 spiro atoms. The Morgan fingerprint density at radius 3 is 2.24 bits per heavy atom. The van der Waals surface area contributed by atoms with Crippen LogP contribution in [0.15, 0.2) is 95.1 Å². The molecule has 0 bridgehead atoms. The molecular weight excluding hydrogens is 430 g/mol. The molecule has 4 aromatic rings. The quantitative estimate of drug-likeness (QED) is 0.361. The number of nitrogens with zero attached hydrogens (tertiary/aromatic N) is 2. The van der Waals surface area contributed by atoms with Crippen molar-refractivity contribution in [3.63, 3.8) is 0 Å². The molecule has 2 aromatic heterocycles. The van der Waals surface area contributed by atoms with E-state index in [0.717, 1.165) is 17.0 Å². The fraction of sp³-hybridized carbons (Fsp3) is 0.222. The van der Waals surface area contributed by atoms with E-state index in [2.05, 4.69) is 34.7 Å². The molecule has 0 saturated heterocycles. The third-order valence-electron chi connectivity index (χ3n) is 5.57. The Hall–Kier alpha value is -3.51. The third-order valence-corrected chi connectivity index (χ3v) is 6.47. The van der Waals surface area contributed by atoms with Crippen molar-refractivity contribution in [2.24, 2.45) is 0 Å². The molecule has 0 fully saturated rings. The molecule has 0 aliphatic rings. The zero-order valence-corrected chi connectivity index (χ0v) is 19.2. The number of carbonyl (C=O) groups is 1. The normalized spacial score (nSPS) is 10.9. The highest BCUT2D eigenvalue weighted by molar-refractivity contribution is 7.13. The van der Waals surface area contributed by atoms with Crippen LogP contribution >= 0.6 is 11.3 Å². The molecular formula is C27H27N3O2S. The number of aryl methyl sites for hydroxylation is 1. The molecule has 6 heteroatoms. The van der Waals surface area contributed by atoms with Crippen LogP contribution in [0.2, 0.25) is 0 Å². The predicted octanol–water partition coefficient (Wildman–Crippen LogP) is 5.09. The second-order valence-electron chi connectivity index (χ2n) is 7.87. The number of amides is 1. The average Bonchev–Trinajstić information content (AvgIpc) is 3.39. The fourth-order valence-electron chi connectivity index (χ4n) is 3.90. The van der Waals surface area contributed by atoms with Crippen LogP contribution in [0.5, 0.6) is 0 Å². The van der Waals surface area contributed by atoms with Crippen LogP contribution in [0, 0.1) is 0 Å². The van der Waals surface area contributed by atoms with Gasteiger partial charge in [0.1, 0.15) is 5.69 Å². The van der Waals surface area contributed by atoms with E-state index in [9.17, 15) is 9.59 Å². The number of hydrogen-bond acceptors (Lipinski definition) is 4. The first-order valence-electron chi connectivity index (χ1n) is 11.2. The highest BCUT2D eigenvalue weighted by atomic mass is 32.1. The van der Waals surface area contributed by atoms with E-state index in [4.69, 9.17) is 0 Å². The molecule has 1 amide bonds. The van der Waals surface area contributed by atoms with Crippen molar-refractivity contribution in [1.82, 2.24) is 15.1 Å². The molecule has 5 nitrogen and oxygen atoms in total. The summed E-state index contributed by atoms with van der Waals surface area (Å²) >= 11 is 1.59. The zero-order chi connectivity index (χ0) is 22.9. The summed E-state index contributed by atoms with van der Waals surface area (Å²) in [6.45, 7) is 1.02. The molecule has 0 aliphatic heterocycles. The standard InChI is InChI=1S/C27H27N3O2S/c31-26(14-7-19-30-27(32)16-15-24(29-30)25-13-8-20-33-25)28-18-17-23(21-9-3-1-4-10-21)22-11-5-2-6-12-22/h1-6,8-13,15-16,20,23H,7,14,17-19H2,(H,28,31). The maximum absolute atomic E-state index is 12.4. The lowest BCUT2D eigenvalue weighted by molar-refractivity contribution is -0.121. The van der Waals surface area contributed by atoms with E-state index in [1.54, 1.807) is 17.4 Å². The lowest BCUT2D eigenvalue weighted by Gasteiger charge is -2.18. The molecule has 0 saturated carbocycles. The third kappa shape index (κ3) is 6.26. The van der Waals surface area contributed by atoms with Gasteiger partial charge in [0.05, 0.1) is 4.88 Å². The van der Waals surface area contributed by atoms with Crippen LogP contribution in [-0.4, -0.2) is 22.2 Å². The van der Waals surface area contributed by atoms with Crippen molar-refractivity contribution in [3.05, 3.63) is 112 Å². The molecule has 4 rings (SSSR count). The largest absolute Gasteiger partial charge is 0.356 e. The molecule has 0 atom stereocenters.